The number of benzene rings is 1. The van der Waals surface area contributed by atoms with E-state index in [-0.39, 0.29) is 31.1 Å². The van der Waals surface area contributed by atoms with Crippen LogP contribution >= 0.6 is 0 Å². The number of nitrogens with one attached hydrogen (secondary N) is 2. The number of anilines is 1. The van der Waals surface area contributed by atoms with Crippen LogP contribution in [-0.4, -0.2) is 64.9 Å². The van der Waals surface area contributed by atoms with Gasteiger partial charge in [0.2, 0.25) is 5.43 Å². The van der Waals surface area contributed by atoms with Crippen molar-refractivity contribution in [1.82, 2.24) is 14.8 Å². The second-order valence-electron chi connectivity index (χ2n) is 8.01. The number of pyridine rings is 1. The van der Waals surface area contributed by atoms with Gasteiger partial charge in [-0.15, -0.1) is 0 Å². The Morgan fingerprint density at radius 1 is 1.19 bits per heavy atom. The van der Waals surface area contributed by atoms with Crippen molar-refractivity contribution in [3.8, 4) is 17.0 Å². The van der Waals surface area contributed by atoms with E-state index in [2.05, 4.69) is 23.7 Å². The van der Waals surface area contributed by atoms with Crippen LogP contribution in [0.5, 0.6) is 5.75 Å². The minimum atomic E-state index is -0.942. The van der Waals surface area contributed by atoms with E-state index >= 15 is 0 Å². The molecular weight excluding hydrogens is 404 g/mol. The number of nitrogens with zero attached hydrogens (tertiary/aromatic N) is 2. The Kier molecular flexibility index (Phi) is 7.91. The number of nitrogens with two attached hydrogens (primary N) is 1. The van der Waals surface area contributed by atoms with Crippen molar-refractivity contribution in [2.45, 2.75) is 21.3 Å². The molecule has 2 heterocycles. The van der Waals surface area contributed by atoms with Gasteiger partial charge in [0.25, 0.3) is 0 Å². The lowest BCUT2D eigenvalue weighted by atomic mass is 10.0. The molecule has 0 saturated carbocycles. The van der Waals surface area contributed by atoms with E-state index in [1.807, 2.05) is 4.90 Å². The zero-order chi connectivity index (χ0) is 22.0. The maximum absolute atomic E-state index is 14.1. The Morgan fingerprint density at radius 2 is 1.74 bits per heavy atom. The summed E-state index contributed by atoms with van der Waals surface area (Å²) in [7, 11) is 0. The van der Waals surface area contributed by atoms with E-state index in [1.54, 1.807) is 0 Å². The first-order chi connectivity index (χ1) is 14.2. The summed E-state index contributed by atoms with van der Waals surface area (Å²) in [5, 5.41) is 18.7. The van der Waals surface area contributed by atoms with Crippen molar-refractivity contribution in [3.63, 3.8) is 0 Å². The standard InChI is InChI=1S/C21H27F2N5O2.CH4/c1-12(2)10-27-6-8-28(9-7-27)11-15(24)17-19(29)20(30)18(26-21(17)25)16-13(22)4-3-5-14(16)23;/h3-5,12,24,30H,6-11H2,1-2H3,(H3,25,26,29);1H4. The second kappa shape index (κ2) is 10.0. The number of hydrogen-bond acceptors (Lipinski definition) is 6. The summed E-state index contributed by atoms with van der Waals surface area (Å²) in [4.78, 5) is 19.6. The van der Waals surface area contributed by atoms with Gasteiger partial charge in [-0.2, -0.15) is 0 Å². The first-order valence-electron chi connectivity index (χ1n) is 9.90. The third-order valence-corrected chi connectivity index (χ3v) is 5.19. The molecule has 0 radical (unpaired) electrons. The molecule has 9 heteroatoms. The Balaban J connectivity index is 0.00000341. The maximum Gasteiger partial charge on any atom is 0.235 e. The molecular formula is C22H31F2N5O2. The first-order valence-corrected chi connectivity index (χ1v) is 9.90. The van der Waals surface area contributed by atoms with Gasteiger partial charge >= 0.3 is 0 Å². The molecule has 1 aliphatic heterocycles. The van der Waals surface area contributed by atoms with E-state index < -0.39 is 34.1 Å². The van der Waals surface area contributed by atoms with E-state index in [9.17, 15) is 18.7 Å². The lowest BCUT2D eigenvalue weighted by Gasteiger charge is -2.35. The van der Waals surface area contributed by atoms with E-state index in [0.29, 0.717) is 5.92 Å². The highest BCUT2D eigenvalue weighted by atomic mass is 19.1. The van der Waals surface area contributed by atoms with Gasteiger partial charge in [0.1, 0.15) is 17.5 Å². The average molecular weight is 436 g/mol. The third-order valence-electron chi connectivity index (χ3n) is 5.19. The monoisotopic (exact) mass is 435 g/mol. The maximum atomic E-state index is 14.1. The molecule has 1 aromatic carbocycles. The molecule has 0 bridgehead atoms. The minimum absolute atomic E-state index is 0. The van der Waals surface area contributed by atoms with Crippen molar-refractivity contribution >= 4 is 11.5 Å². The summed E-state index contributed by atoms with van der Waals surface area (Å²) in [6.07, 6.45) is 0. The number of H-pyrrole nitrogens is 1. The third kappa shape index (κ3) is 5.29. The van der Waals surface area contributed by atoms with Gasteiger partial charge in [-0.1, -0.05) is 27.3 Å². The zero-order valence-electron chi connectivity index (χ0n) is 17.1. The van der Waals surface area contributed by atoms with Crippen LogP contribution in [0.2, 0.25) is 0 Å². The zero-order valence-corrected chi connectivity index (χ0v) is 17.1. The molecule has 0 aliphatic carbocycles. The smallest absolute Gasteiger partial charge is 0.235 e. The molecule has 0 unspecified atom stereocenters. The molecule has 0 spiro atoms. The molecule has 0 atom stereocenters. The fourth-order valence-corrected chi connectivity index (χ4v) is 3.78. The van der Waals surface area contributed by atoms with Gasteiger partial charge in [0.05, 0.1) is 22.5 Å². The molecule has 1 aliphatic rings. The Morgan fingerprint density at radius 3 is 2.29 bits per heavy atom. The molecule has 0 amide bonds. The van der Waals surface area contributed by atoms with Crippen LogP contribution < -0.4 is 11.2 Å². The van der Waals surface area contributed by atoms with Gasteiger partial charge in [-0.3, -0.25) is 9.69 Å². The number of aromatic hydroxyl groups is 1. The SMILES string of the molecule is C.CC(C)CN1CCN(CC(=N)c2c(N)[nH]c(-c3c(F)cccc3F)c(O)c2=O)CC1. The number of nitrogen functional groups attached to an aromatic ring is 1. The van der Waals surface area contributed by atoms with Crippen molar-refractivity contribution < 1.29 is 13.9 Å². The highest BCUT2D eigenvalue weighted by Crippen LogP contribution is 2.31. The quantitative estimate of drug-likeness (QED) is 0.522. The average Bonchev–Trinajstić information content (AvgIpc) is 2.66. The fraction of sp³-hybridized carbons (Fsp3) is 0.455. The number of aromatic nitrogens is 1. The van der Waals surface area contributed by atoms with Gasteiger partial charge in [0, 0.05) is 39.3 Å². The Hall–Kier alpha value is -2.78. The van der Waals surface area contributed by atoms with E-state index in [0.717, 1.165) is 44.9 Å². The Labute approximate surface area is 181 Å². The van der Waals surface area contributed by atoms with Gasteiger partial charge < -0.3 is 26.1 Å². The van der Waals surface area contributed by atoms with Crippen LogP contribution in [0.3, 0.4) is 0 Å². The first kappa shape index (κ1) is 24.5. The number of hydrogen-bond donors (Lipinski definition) is 4. The van der Waals surface area contributed by atoms with Crippen molar-refractivity contribution in [1.29, 1.82) is 5.41 Å². The molecule has 5 N–H and O–H groups in total. The van der Waals surface area contributed by atoms with Crippen LogP contribution in [0, 0.1) is 23.0 Å². The summed E-state index contributed by atoms with van der Waals surface area (Å²) < 4.78 is 28.2. The normalized spacial score (nSPS) is 15.1. The van der Waals surface area contributed by atoms with Crippen LogP contribution in [0.4, 0.5) is 14.6 Å². The van der Waals surface area contributed by atoms with Crippen LogP contribution in [0.15, 0.2) is 23.0 Å². The summed E-state index contributed by atoms with van der Waals surface area (Å²) in [5.74, 6) is -2.38. The predicted octanol–water partition coefficient (Wildman–Crippen LogP) is 2.89. The Bertz CT molecular complexity index is 978. The van der Waals surface area contributed by atoms with Gasteiger partial charge in [0.15, 0.2) is 5.75 Å². The number of aromatic amines is 1. The van der Waals surface area contributed by atoms with Crippen molar-refractivity contribution in [2.24, 2.45) is 5.92 Å². The molecule has 170 valence electrons. The number of rotatable bonds is 6. The van der Waals surface area contributed by atoms with Crippen LogP contribution in [0.1, 0.15) is 26.8 Å². The predicted molar refractivity (Wildman–Crippen MR) is 120 cm³/mol. The second-order valence-corrected chi connectivity index (χ2v) is 8.01. The van der Waals surface area contributed by atoms with Gasteiger partial charge in [-0.25, -0.2) is 8.78 Å². The molecule has 1 aromatic heterocycles. The molecule has 3 rings (SSSR count). The van der Waals surface area contributed by atoms with E-state index in [1.165, 1.54) is 6.07 Å². The highest BCUT2D eigenvalue weighted by Gasteiger charge is 2.25. The highest BCUT2D eigenvalue weighted by molar-refractivity contribution is 6.04. The van der Waals surface area contributed by atoms with Crippen molar-refractivity contribution in [3.05, 3.63) is 45.6 Å². The molecule has 2 aromatic rings. The van der Waals surface area contributed by atoms with Crippen LogP contribution in [-0.2, 0) is 0 Å². The summed E-state index contributed by atoms with van der Waals surface area (Å²) in [5.41, 5.74) is 3.76. The van der Waals surface area contributed by atoms with Crippen LogP contribution in [0.25, 0.3) is 11.3 Å². The van der Waals surface area contributed by atoms with Crippen molar-refractivity contribution in [2.75, 3.05) is 45.0 Å². The lowest BCUT2D eigenvalue weighted by Crippen LogP contribution is -2.49. The van der Waals surface area contributed by atoms with Gasteiger partial charge in [-0.05, 0) is 18.1 Å². The topological polar surface area (TPSA) is 109 Å². The largest absolute Gasteiger partial charge is 0.503 e. The molecule has 1 fully saturated rings. The summed E-state index contributed by atoms with van der Waals surface area (Å²) in [6, 6.07) is 3.21. The van der Waals surface area contributed by atoms with E-state index in [4.69, 9.17) is 11.1 Å². The minimum Gasteiger partial charge on any atom is -0.503 e. The molecule has 7 nitrogen and oxygen atoms in total. The lowest BCUT2D eigenvalue weighted by molar-refractivity contribution is 0.134. The summed E-state index contributed by atoms with van der Waals surface area (Å²) in [6.45, 7) is 8.77. The number of halogens is 2. The summed E-state index contributed by atoms with van der Waals surface area (Å²) >= 11 is 0. The molecule has 1 saturated heterocycles. The molecule has 31 heavy (non-hydrogen) atoms. The number of piperazine rings is 1. The fourth-order valence-electron chi connectivity index (χ4n) is 3.78.